The fourth-order valence-electron chi connectivity index (χ4n) is 1.77. The molecule has 104 valence electrons. The first-order chi connectivity index (χ1) is 9.70. The Morgan fingerprint density at radius 2 is 2.05 bits per heavy atom. The van der Waals surface area contributed by atoms with Crippen molar-refractivity contribution < 1.29 is 4.74 Å². The number of benzene rings is 2. The molecule has 0 atom stereocenters. The van der Waals surface area contributed by atoms with E-state index in [2.05, 4.69) is 27.8 Å². The standard InChI is InChI=1S/C16H15BrClNO/c1-2-9-20-16-8-7-13(17)10-12(16)11-19-15-6-4-3-5-14(15)18/h2-8,10,19H,1,9,11H2. The molecular formula is C16H15BrClNO. The first-order valence-electron chi connectivity index (χ1n) is 6.21. The van der Waals surface area contributed by atoms with Gasteiger partial charge in [0.1, 0.15) is 12.4 Å². The average Bonchev–Trinajstić information content (AvgIpc) is 2.45. The molecule has 2 aromatic rings. The molecule has 0 unspecified atom stereocenters. The summed E-state index contributed by atoms with van der Waals surface area (Å²) in [7, 11) is 0. The molecule has 0 amide bonds. The van der Waals surface area contributed by atoms with Crippen molar-refractivity contribution >= 4 is 33.2 Å². The van der Waals surface area contributed by atoms with Crippen LogP contribution in [0.1, 0.15) is 5.56 Å². The maximum Gasteiger partial charge on any atom is 0.124 e. The molecule has 2 rings (SSSR count). The van der Waals surface area contributed by atoms with Gasteiger partial charge in [0, 0.05) is 16.6 Å². The minimum Gasteiger partial charge on any atom is -0.489 e. The molecule has 0 saturated heterocycles. The van der Waals surface area contributed by atoms with Crippen LogP contribution in [-0.4, -0.2) is 6.61 Å². The number of nitrogens with one attached hydrogen (secondary N) is 1. The van der Waals surface area contributed by atoms with Gasteiger partial charge in [-0.25, -0.2) is 0 Å². The van der Waals surface area contributed by atoms with Gasteiger partial charge in [0.05, 0.1) is 10.7 Å². The van der Waals surface area contributed by atoms with Crippen LogP contribution in [0.2, 0.25) is 5.02 Å². The van der Waals surface area contributed by atoms with Gasteiger partial charge in [0.2, 0.25) is 0 Å². The minimum atomic E-state index is 0.487. The Hall–Kier alpha value is -1.45. The van der Waals surface area contributed by atoms with Gasteiger partial charge in [0.15, 0.2) is 0 Å². The molecule has 20 heavy (non-hydrogen) atoms. The average molecular weight is 353 g/mol. The lowest BCUT2D eigenvalue weighted by atomic mass is 10.2. The zero-order valence-electron chi connectivity index (χ0n) is 10.9. The fraction of sp³-hybridized carbons (Fsp3) is 0.125. The summed E-state index contributed by atoms with van der Waals surface area (Å²) in [5.41, 5.74) is 1.96. The van der Waals surface area contributed by atoms with Crippen LogP contribution in [0.15, 0.2) is 59.6 Å². The summed E-state index contributed by atoms with van der Waals surface area (Å²) < 4.78 is 6.66. The predicted octanol–water partition coefficient (Wildman–Crippen LogP) is 5.28. The van der Waals surface area contributed by atoms with Crippen molar-refractivity contribution in [2.45, 2.75) is 6.54 Å². The second kappa shape index (κ2) is 7.36. The number of anilines is 1. The SMILES string of the molecule is C=CCOc1ccc(Br)cc1CNc1ccccc1Cl. The lowest BCUT2D eigenvalue weighted by Gasteiger charge is -2.13. The maximum absolute atomic E-state index is 6.13. The number of hydrogen-bond acceptors (Lipinski definition) is 2. The van der Waals surface area contributed by atoms with Crippen LogP contribution >= 0.6 is 27.5 Å². The van der Waals surface area contributed by atoms with Crippen molar-refractivity contribution in [1.29, 1.82) is 0 Å². The molecular weight excluding hydrogens is 338 g/mol. The number of halogens is 2. The molecule has 0 aliphatic heterocycles. The summed E-state index contributed by atoms with van der Waals surface area (Å²) >= 11 is 9.60. The van der Waals surface area contributed by atoms with Gasteiger partial charge in [-0.3, -0.25) is 0 Å². The molecule has 1 N–H and O–H groups in total. The summed E-state index contributed by atoms with van der Waals surface area (Å²) in [5.74, 6) is 0.840. The molecule has 0 heterocycles. The van der Waals surface area contributed by atoms with Crippen LogP contribution in [-0.2, 0) is 6.54 Å². The second-order valence-corrected chi connectivity index (χ2v) is 5.51. The van der Waals surface area contributed by atoms with E-state index in [1.807, 2.05) is 42.5 Å². The number of para-hydroxylation sites is 1. The molecule has 0 aromatic heterocycles. The van der Waals surface area contributed by atoms with Crippen LogP contribution in [0.25, 0.3) is 0 Å². The molecule has 2 nitrogen and oxygen atoms in total. The van der Waals surface area contributed by atoms with E-state index >= 15 is 0 Å². The minimum absolute atomic E-state index is 0.487. The zero-order valence-corrected chi connectivity index (χ0v) is 13.2. The first-order valence-corrected chi connectivity index (χ1v) is 7.38. The third-order valence-corrected chi connectivity index (χ3v) is 3.55. The second-order valence-electron chi connectivity index (χ2n) is 4.19. The molecule has 0 aliphatic rings. The van der Waals surface area contributed by atoms with E-state index in [9.17, 15) is 0 Å². The van der Waals surface area contributed by atoms with Crippen LogP contribution in [0.3, 0.4) is 0 Å². The Labute approximate surface area is 132 Å². The Balaban J connectivity index is 2.13. The fourth-order valence-corrected chi connectivity index (χ4v) is 2.38. The summed E-state index contributed by atoms with van der Waals surface area (Å²) in [6.45, 7) is 4.78. The van der Waals surface area contributed by atoms with Gasteiger partial charge in [-0.1, -0.05) is 52.3 Å². The maximum atomic E-state index is 6.13. The summed E-state index contributed by atoms with van der Waals surface area (Å²) in [5, 5.41) is 4.02. The Bertz CT molecular complexity index is 601. The highest BCUT2D eigenvalue weighted by atomic mass is 79.9. The normalized spacial score (nSPS) is 10.1. The molecule has 0 fully saturated rings. The smallest absolute Gasteiger partial charge is 0.124 e. The van der Waals surface area contributed by atoms with Crippen molar-refractivity contribution in [3.8, 4) is 5.75 Å². The highest BCUT2D eigenvalue weighted by Gasteiger charge is 2.05. The van der Waals surface area contributed by atoms with E-state index in [1.165, 1.54) is 0 Å². The van der Waals surface area contributed by atoms with Gasteiger partial charge in [-0.05, 0) is 30.3 Å². The monoisotopic (exact) mass is 351 g/mol. The van der Waals surface area contributed by atoms with Crippen LogP contribution in [0.4, 0.5) is 5.69 Å². The molecule has 0 saturated carbocycles. The van der Waals surface area contributed by atoms with Gasteiger partial charge in [-0.15, -0.1) is 0 Å². The molecule has 0 bridgehead atoms. The van der Waals surface area contributed by atoms with E-state index < -0.39 is 0 Å². The Kier molecular flexibility index (Phi) is 5.50. The lowest BCUT2D eigenvalue weighted by Crippen LogP contribution is -2.04. The summed E-state index contributed by atoms with van der Waals surface area (Å²) in [4.78, 5) is 0. The van der Waals surface area contributed by atoms with Crippen LogP contribution in [0, 0.1) is 0 Å². The van der Waals surface area contributed by atoms with Crippen molar-refractivity contribution in [1.82, 2.24) is 0 Å². The van der Waals surface area contributed by atoms with Gasteiger partial charge < -0.3 is 10.1 Å². The first kappa shape index (κ1) is 14.9. The summed E-state index contributed by atoms with van der Waals surface area (Å²) in [6.07, 6.45) is 1.73. The predicted molar refractivity (Wildman–Crippen MR) is 88.6 cm³/mol. The largest absolute Gasteiger partial charge is 0.489 e. The zero-order chi connectivity index (χ0) is 14.4. The van der Waals surface area contributed by atoms with Gasteiger partial charge in [0.25, 0.3) is 0 Å². The quantitative estimate of drug-likeness (QED) is 0.714. The topological polar surface area (TPSA) is 21.3 Å². The van der Waals surface area contributed by atoms with Crippen molar-refractivity contribution in [2.24, 2.45) is 0 Å². The van der Waals surface area contributed by atoms with Gasteiger partial charge >= 0.3 is 0 Å². The van der Waals surface area contributed by atoms with Crippen LogP contribution < -0.4 is 10.1 Å². The van der Waals surface area contributed by atoms with E-state index in [-0.39, 0.29) is 0 Å². The van der Waals surface area contributed by atoms with E-state index in [0.29, 0.717) is 18.2 Å². The van der Waals surface area contributed by atoms with Crippen LogP contribution in [0.5, 0.6) is 5.75 Å². The van der Waals surface area contributed by atoms with E-state index in [1.54, 1.807) is 6.08 Å². The Morgan fingerprint density at radius 3 is 2.80 bits per heavy atom. The van der Waals surface area contributed by atoms with Crippen molar-refractivity contribution in [3.63, 3.8) is 0 Å². The van der Waals surface area contributed by atoms with Crippen molar-refractivity contribution in [2.75, 3.05) is 11.9 Å². The molecule has 0 spiro atoms. The van der Waals surface area contributed by atoms with E-state index in [4.69, 9.17) is 16.3 Å². The molecule has 0 radical (unpaired) electrons. The molecule has 4 heteroatoms. The highest BCUT2D eigenvalue weighted by Crippen LogP contribution is 2.26. The Morgan fingerprint density at radius 1 is 1.25 bits per heavy atom. The number of hydrogen-bond donors (Lipinski definition) is 1. The molecule has 2 aromatic carbocycles. The molecule has 0 aliphatic carbocycles. The van der Waals surface area contributed by atoms with E-state index in [0.717, 1.165) is 21.5 Å². The lowest BCUT2D eigenvalue weighted by molar-refractivity contribution is 0.359. The van der Waals surface area contributed by atoms with Gasteiger partial charge in [-0.2, -0.15) is 0 Å². The third kappa shape index (κ3) is 4.02. The third-order valence-electron chi connectivity index (χ3n) is 2.72. The summed E-state index contributed by atoms with van der Waals surface area (Å²) in [6, 6.07) is 13.6. The number of rotatable bonds is 6. The van der Waals surface area contributed by atoms with Crippen molar-refractivity contribution in [3.05, 3.63) is 70.2 Å². The highest BCUT2D eigenvalue weighted by molar-refractivity contribution is 9.10. The number of ether oxygens (including phenoxy) is 1.